The molecule has 22 heavy (non-hydrogen) atoms. The number of hydrogen-bond acceptors (Lipinski definition) is 3. The smallest absolute Gasteiger partial charge is 0.287 e. The van der Waals surface area contributed by atoms with E-state index >= 15 is 0 Å². The summed E-state index contributed by atoms with van der Waals surface area (Å²) in [5, 5.41) is 3.55. The lowest BCUT2D eigenvalue weighted by molar-refractivity contribution is -0.116. The SMILES string of the molecule is CC(=O)N(CCNC(=O)c1ccco1)c1cc(Cl)cc(Cl)c1. The first-order chi connectivity index (χ1) is 10.5. The van der Waals surface area contributed by atoms with Crippen LogP contribution in [0.1, 0.15) is 17.5 Å². The summed E-state index contributed by atoms with van der Waals surface area (Å²) in [7, 11) is 0. The Hall–Kier alpha value is -1.98. The van der Waals surface area contributed by atoms with Gasteiger partial charge in [0.2, 0.25) is 5.91 Å². The number of halogens is 2. The van der Waals surface area contributed by atoms with E-state index in [1.54, 1.807) is 30.3 Å². The summed E-state index contributed by atoms with van der Waals surface area (Å²) in [5.74, 6) is -0.289. The van der Waals surface area contributed by atoms with Gasteiger partial charge < -0.3 is 14.6 Å². The largest absolute Gasteiger partial charge is 0.459 e. The molecule has 0 bridgehead atoms. The summed E-state index contributed by atoms with van der Waals surface area (Å²) >= 11 is 11.9. The maximum atomic E-state index is 11.8. The summed E-state index contributed by atoms with van der Waals surface area (Å²) in [6.07, 6.45) is 1.42. The van der Waals surface area contributed by atoms with Gasteiger partial charge in [0.25, 0.3) is 5.91 Å². The number of hydrogen-bond donors (Lipinski definition) is 1. The Labute approximate surface area is 137 Å². The highest BCUT2D eigenvalue weighted by molar-refractivity contribution is 6.35. The minimum atomic E-state index is -0.336. The summed E-state index contributed by atoms with van der Waals surface area (Å²) in [5.41, 5.74) is 0.581. The number of furan rings is 1. The average molecular weight is 341 g/mol. The Morgan fingerprint density at radius 2 is 1.91 bits per heavy atom. The highest BCUT2D eigenvalue weighted by Gasteiger charge is 2.14. The number of nitrogens with one attached hydrogen (secondary N) is 1. The van der Waals surface area contributed by atoms with Crippen molar-refractivity contribution in [3.8, 4) is 0 Å². The van der Waals surface area contributed by atoms with E-state index in [9.17, 15) is 9.59 Å². The van der Waals surface area contributed by atoms with Gasteiger partial charge in [-0.25, -0.2) is 0 Å². The zero-order chi connectivity index (χ0) is 16.1. The molecule has 0 fully saturated rings. The van der Waals surface area contributed by atoms with Crippen LogP contribution < -0.4 is 10.2 Å². The van der Waals surface area contributed by atoms with E-state index in [-0.39, 0.29) is 24.1 Å². The Bertz CT molecular complexity index is 651. The molecule has 0 radical (unpaired) electrons. The van der Waals surface area contributed by atoms with Gasteiger partial charge in [-0.3, -0.25) is 9.59 Å². The molecule has 116 valence electrons. The topological polar surface area (TPSA) is 62.6 Å². The lowest BCUT2D eigenvalue weighted by Gasteiger charge is -2.21. The van der Waals surface area contributed by atoms with Gasteiger partial charge in [-0.15, -0.1) is 0 Å². The van der Waals surface area contributed by atoms with Crippen LogP contribution in [0.15, 0.2) is 41.0 Å². The van der Waals surface area contributed by atoms with Gasteiger partial charge in [-0.1, -0.05) is 23.2 Å². The van der Waals surface area contributed by atoms with Crippen molar-refractivity contribution in [3.05, 3.63) is 52.4 Å². The summed E-state index contributed by atoms with van der Waals surface area (Å²) < 4.78 is 4.99. The number of nitrogens with zero attached hydrogens (tertiary/aromatic N) is 1. The number of amides is 2. The standard InChI is InChI=1S/C15H14Cl2N2O3/c1-10(20)19(13-8-11(16)7-12(17)9-13)5-4-18-15(21)14-3-2-6-22-14/h2-3,6-9H,4-5H2,1H3,(H,18,21). The Balaban J connectivity index is 2.00. The lowest BCUT2D eigenvalue weighted by atomic mass is 10.2. The van der Waals surface area contributed by atoms with Gasteiger partial charge in [0.1, 0.15) is 0 Å². The molecule has 0 unspecified atom stereocenters. The molecule has 0 saturated heterocycles. The van der Waals surface area contributed by atoms with Crippen LogP contribution in [0, 0.1) is 0 Å². The van der Waals surface area contributed by atoms with Gasteiger partial charge in [-0.2, -0.15) is 0 Å². The number of carbonyl (C=O) groups is 2. The van der Waals surface area contributed by atoms with Crippen LogP contribution in [0.4, 0.5) is 5.69 Å². The predicted octanol–water partition coefficient (Wildman–Crippen LogP) is 3.37. The van der Waals surface area contributed by atoms with Crippen molar-refractivity contribution in [2.24, 2.45) is 0 Å². The Morgan fingerprint density at radius 1 is 1.23 bits per heavy atom. The number of benzene rings is 1. The molecular weight excluding hydrogens is 327 g/mol. The summed E-state index contributed by atoms with van der Waals surface area (Å²) in [6, 6.07) is 8.07. The van der Waals surface area contributed by atoms with Crippen LogP contribution in [-0.4, -0.2) is 24.9 Å². The molecule has 0 saturated carbocycles. The van der Waals surface area contributed by atoms with E-state index in [0.717, 1.165) is 0 Å². The van der Waals surface area contributed by atoms with Crippen molar-refractivity contribution in [2.45, 2.75) is 6.92 Å². The van der Waals surface area contributed by atoms with Crippen molar-refractivity contribution in [2.75, 3.05) is 18.0 Å². The van der Waals surface area contributed by atoms with Gasteiger partial charge in [-0.05, 0) is 30.3 Å². The molecule has 2 rings (SSSR count). The van der Waals surface area contributed by atoms with Gasteiger partial charge in [0, 0.05) is 35.7 Å². The Kier molecular flexibility index (Phi) is 5.46. The zero-order valence-electron chi connectivity index (χ0n) is 11.8. The fourth-order valence-corrected chi connectivity index (χ4v) is 2.45. The predicted molar refractivity (Wildman–Crippen MR) is 85.5 cm³/mol. The highest BCUT2D eigenvalue weighted by Crippen LogP contribution is 2.25. The maximum Gasteiger partial charge on any atom is 0.287 e. The minimum Gasteiger partial charge on any atom is -0.459 e. The normalized spacial score (nSPS) is 10.3. The molecule has 0 atom stereocenters. The second kappa shape index (κ2) is 7.33. The molecular formula is C15H14Cl2N2O3. The van der Waals surface area contributed by atoms with E-state index in [0.29, 0.717) is 22.3 Å². The first-order valence-electron chi connectivity index (χ1n) is 6.53. The van der Waals surface area contributed by atoms with Crippen LogP contribution in [0.25, 0.3) is 0 Å². The molecule has 0 aliphatic carbocycles. The third-order valence-electron chi connectivity index (χ3n) is 2.91. The van der Waals surface area contributed by atoms with E-state index in [1.165, 1.54) is 18.1 Å². The van der Waals surface area contributed by atoms with Gasteiger partial charge in [0.15, 0.2) is 5.76 Å². The van der Waals surface area contributed by atoms with Crippen LogP contribution in [0.5, 0.6) is 0 Å². The molecule has 5 nitrogen and oxygen atoms in total. The van der Waals surface area contributed by atoms with Crippen LogP contribution >= 0.6 is 23.2 Å². The molecule has 2 amide bonds. The summed E-state index contributed by atoms with van der Waals surface area (Å²) in [6.45, 7) is 1.99. The molecule has 0 spiro atoms. The van der Waals surface area contributed by atoms with Crippen LogP contribution in [0.2, 0.25) is 10.0 Å². The van der Waals surface area contributed by atoms with E-state index in [4.69, 9.17) is 27.6 Å². The highest BCUT2D eigenvalue weighted by atomic mass is 35.5. The quantitative estimate of drug-likeness (QED) is 0.907. The lowest BCUT2D eigenvalue weighted by Crippen LogP contribution is -2.37. The third kappa shape index (κ3) is 4.26. The molecule has 1 aromatic carbocycles. The number of anilines is 1. The molecule has 0 aliphatic rings. The average Bonchev–Trinajstić information content (AvgIpc) is 2.95. The van der Waals surface area contributed by atoms with Gasteiger partial charge in [0.05, 0.1) is 6.26 Å². The fraction of sp³-hybridized carbons (Fsp3) is 0.200. The first-order valence-corrected chi connectivity index (χ1v) is 7.29. The second-order valence-corrected chi connectivity index (χ2v) is 5.40. The maximum absolute atomic E-state index is 11.8. The van der Waals surface area contributed by atoms with E-state index < -0.39 is 0 Å². The molecule has 1 aromatic heterocycles. The second-order valence-electron chi connectivity index (χ2n) is 4.53. The van der Waals surface area contributed by atoms with Crippen molar-refractivity contribution >= 4 is 40.7 Å². The van der Waals surface area contributed by atoms with Crippen molar-refractivity contribution in [1.82, 2.24) is 5.32 Å². The van der Waals surface area contributed by atoms with Gasteiger partial charge >= 0.3 is 0 Å². The molecule has 0 aliphatic heterocycles. The number of carbonyl (C=O) groups excluding carboxylic acids is 2. The Morgan fingerprint density at radius 3 is 2.45 bits per heavy atom. The molecule has 1 heterocycles. The van der Waals surface area contributed by atoms with Crippen LogP contribution in [0.3, 0.4) is 0 Å². The number of rotatable bonds is 5. The molecule has 2 aromatic rings. The molecule has 7 heteroatoms. The fourth-order valence-electron chi connectivity index (χ4n) is 1.94. The minimum absolute atomic E-state index is 0.175. The zero-order valence-corrected chi connectivity index (χ0v) is 13.3. The summed E-state index contributed by atoms with van der Waals surface area (Å²) in [4.78, 5) is 25.0. The monoisotopic (exact) mass is 340 g/mol. The third-order valence-corrected chi connectivity index (χ3v) is 3.34. The van der Waals surface area contributed by atoms with Crippen LogP contribution in [-0.2, 0) is 4.79 Å². The van der Waals surface area contributed by atoms with Crippen molar-refractivity contribution < 1.29 is 14.0 Å². The van der Waals surface area contributed by atoms with E-state index in [2.05, 4.69) is 5.32 Å². The first kappa shape index (κ1) is 16.4. The van der Waals surface area contributed by atoms with Crippen molar-refractivity contribution in [1.29, 1.82) is 0 Å². The van der Waals surface area contributed by atoms with E-state index in [1.807, 2.05) is 0 Å². The molecule has 1 N–H and O–H groups in total. The van der Waals surface area contributed by atoms with Crippen molar-refractivity contribution in [3.63, 3.8) is 0 Å².